The third kappa shape index (κ3) is 14.0. The van der Waals surface area contributed by atoms with Crippen LogP contribution in [-0.4, -0.2) is 17.5 Å². The molecule has 19 heavy (non-hydrogen) atoms. The molecule has 0 aliphatic heterocycles. The maximum atomic E-state index is 10.5. The molecular weight excluding hydrogens is 256 g/mol. The van der Waals surface area contributed by atoms with Gasteiger partial charge in [-0.1, -0.05) is 71.6 Å². The molecule has 2 nitrogen and oxygen atoms in total. The summed E-state index contributed by atoms with van der Waals surface area (Å²) in [5, 5.41) is 10.5. The largest absolute Gasteiger partial charge is 0.550 e. The van der Waals surface area contributed by atoms with Crippen molar-refractivity contribution in [1.82, 2.24) is 0 Å². The Hall–Kier alpha value is -0.180. The minimum absolute atomic E-state index is 0.312. The molecule has 0 heterocycles. The molecule has 0 rings (SSSR count). The van der Waals surface area contributed by atoms with Crippen LogP contribution in [0.25, 0.3) is 0 Å². The van der Waals surface area contributed by atoms with Crippen LogP contribution < -0.4 is 5.11 Å². The molecule has 0 N–H and O–H groups in total. The average Bonchev–Trinajstić information content (AvgIpc) is 2.39. The molecule has 0 bridgehead atoms. The highest BCUT2D eigenvalue weighted by atomic mass is 32.2. The zero-order valence-electron chi connectivity index (χ0n) is 12.8. The summed E-state index contributed by atoms with van der Waals surface area (Å²) in [5.74, 6) is 0.553. The first-order chi connectivity index (χ1) is 9.18. The lowest BCUT2D eigenvalue weighted by atomic mass is 10.1. The Morgan fingerprint density at radius 3 is 1.89 bits per heavy atom. The molecule has 0 aliphatic rings. The van der Waals surface area contributed by atoms with Crippen LogP contribution in [-0.2, 0) is 4.79 Å². The third-order valence-electron chi connectivity index (χ3n) is 3.41. The second-order valence-corrected chi connectivity index (χ2v) is 6.63. The van der Waals surface area contributed by atoms with Gasteiger partial charge in [-0.05, 0) is 12.2 Å². The lowest BCUT2D eigenvalue weighted by Gasteiger charge is -2.11. The molecule has 0 aromatic heterocycles. The van der Waals surface area contributed by atoms with Gasteiger partial charge in [-0.2, -0.15) is 11.8 Å². The maximum Gasteiger partial charge on any atom is 0.0450 e. The average molecular weight is 287 g/mol. The van der Waals surface area contributed by atoms with Crippen molar-refractivity contribution in [1.29, 1.82) is 0 Å². The number of carboxylic acids is 1. The smallest absolute Gasteiger partial charge is 0.0450 e. The Bertz CT molecular complexity index is 207. The standard InChI is InChI=1S/C16H32O2S/c1-3-4-5-6-7-8-9-10-11-12-13-19-14-15(2)16(17)18/h15H,3-14H2,1-2H3,(H,17,18)/p-1. The normalized spacial score (nSPS) is 12.5. The van der Waals surface area contributed by atoms with Crippen molar-refractivity contribution in [3.05, 3.63) is 0 Å². The number of aliphatic carboxylic acids is 1. The van der Waals surface area contributed by atoms with Gasteiger partial charge < -0.3 is 9.90 Å². The lowest BCUT2D eigenvalue weighted by Crippen LogP contribution is -2.30. The van der Waals surface area contributed by atoms with Gasteiger partial charge in [0.25, 0.3) is 0 Å². The van der Waals surface area contributed by atoms with Gasteiger partial charge in [0.15, 0.2) is 0 Å². The summed E-state index contributed by atoms with van der Waals surface area (Å²) in [4.78, 5) is 10.5. The van der Waals surface area contributed by atoms with Gasteiger partial charge in [0.1, 0.15) is 0 Å². The van der Waals surface area contributed by atoms with E-state index < -0.39 is 5.97 Å². The predicted molar refractivity (Wildman–Crippen MR) is 83.3 cm³/mol. The first kappa shape index (κ1) is 18.8. The summed E-state index contributed by atoms with van der Waals surface area (Å²) < 4.78 is 0. The first-order valence-electron chi connectivity index (χ1n) is 7.97. The van der Waals surface area contributed by atoms with E-state index in [1.54, 1.807) is 18.7 Å². The van der Waals surface area contributed by atoms with Crippen LogP contribution in [0.1, 0.15) is 78.1 Å². The van der Waals surface area contributed by atoms with E-state index in [0.29, 0.717) is 5.75 Å². The molecule has 114 valence electrons. The van der Waals surface area contributed by atoms with Gasteiger partial charge in [-0.25, -0.2) is 0 Å². The van der Waals surface area contributed by atoms with Crippen LogP contribution in [0.5, 0.6) is 0 Å². The number of hydrogen-bond donors (Lipinski definition) is 0. The zero-order valence-corrected chi connectivity index (χ0v) is 13.6. The van der Waals surface area contributed by atoms with E-state index in [0.717, 1.165) is 5.75 Å². The maximum absolute atomic E-state index is 10.5. The minimum Gasteiger partial charge on any atom is -0.550 e. The van der Waals surface area contributed by atoms with Gasteiger partial charge in [0.2, 0.25) is 0 Å². The fourth-order valence-corrected chi connectivity index (χ4v) is 3.08. The fraction of sp³-hybridized carbons (Fsp3) is 0.938. The molecule has 0 aromatic carbocycles. The van der Waals surface area contributed by atoms with E-state index in [1.165, 1.54) is 64.2 Å². The van der Waals surface area contributed by atoms with Crippen molar-refractivity contribution >= 4 is 17.7 Å². The van der Waals surface area contributed by atoms with Crippen molar-refractivity contribution in [2.24, 2.45) is 5.92 Å². The number of unbranched alkanes of at least 4 members (excludes halogenated alkanes) is 9. The molecule has 0 aromatic rings. The first-order valence-corrected chi connectivity index (χ1v) is 9.12. The van der Waals surface area contributed by atoms with Crippen molar-refractivity contribution in [2.45, 2.75) is 78.1 Å². The molecule has 0 spiro atoms. The van der Waals surface area contributed by atoms with Crippen LogP contribution >= 0.6 is 11.8 Å². The monoisotopic (exact) mass is 287 g/mol. The van der Waals surface area contributed by atoms with Gasteiger partial charge in [-0.3, -0.25) is 0 Å². The van der Waals surface area contributed by atoms with Gasteiger partial charge in [-0.15, -0.1) is 0 Å². The summed E-state index contributed by atoms with van der Waals surface area (Å²) in [7, 11) is 0. The van der Waals surface area contributed by atoms with Crippen LogP contribution in [0.2, 0.25) is 0 Å². The number of hydrogen-bond acceptors (Lipinski definition) is 3. The molecule has 1 unspecified atom stereocenters. The van der Waals surface area contributed by atoms with E-state index in [4.69, 9.17) is 0 Å². The Kier molecular flexibility index (Phi) is 14.1. The molecule has 0 saturated heterocycles. The van der Waals surface area contributed by atoms with E-state index in [-0.39, 0.29) is 5.92 Å². The number of rotatable bonds is 14. The molecule has 0 fully saturated rings. The van der Waals surface area contributed by atoms with Crippen LogP contribution in [0, 0.1) is 5.92 Å². The highest BCUT2D eigenvalue weighted by molar-refractivity contribution is 7.99. The number of carbonyl (C=O) groups is 1. The van der Waals surface area contributed by atoms with E-state index in [2.05, 4.69) is 6.92 Å². The van der Waals surface area contributed by atoms with Crippen LogP contribution in [0.3, 0.4) is 0 Å². The molecule has 0 saturated carbocycles. The highest BCUT2D eigenvalue weighted by Crippen LogP contribution is 2.13. The molecule has 0 amide bonds. The summed E-state index contributed by atoms with van der Waals surface area (Å²) in [6.45, 7) is 3.98. The highest BCUT2D eigenvalue weighted by Gasteiger charge is 2.01. The van der Waals surface area contributed by atoms with Gasteiger partial charge in [0, 0.05) is 17.6 Å². The summed E-state index contributed by atoms with van der Waals surface area (Å²) in [6, 6.07) is 0. The topological polar surface area (TPSA) is 40.1 Å². The van der Waals surface area contributed by atoms with Crippen LogP contribution in [0.4, 0.5) is 0 Å². The summed E-state index contributed by atoms with van der Waals surface area (Å²) in [5.41, 5.74) is 0. The fourth-order valence-electron chi connectivity index (χ4n) is 2.02. The Morgan fingerprint density at radius 2 is 1.42 bits per heavy atom. The number of thioether (sulfide) groups is 1. The van der Waals surface area contributed by atoms with Crippen molar-refractivity contribution in [2.75, 3.05) is 11.5 Å². The molecule has 0 radical (unpaired) electrons. The summed E-state index contributed by atoms with van der Waals surface area (Å²) in [6.07, 6.45) is 13.5. The van der Waals surface area contributed by atoms with Crippen molar-refractivity contribution in [3.8, 4) is 0 Å². The van der Waals surface area contributed by atoms with E-state index in [9.17, 15) is 9.90 Å². The third-order valence-corrected chi connectivity index (χ3v) is 4.73. The SMILES string of the molecule is CCCCCCCCCCCCSCC(C)C(=O)[O-]. The number of carboxylic acid groups (broad SMARTS) is 1. The minimum atomic E-state index is -0.921. The number of carbonyl (C=O) groups excluding carboxylic acids is 1. The van der Waals surface area contributed by atoms with Gasteiger partial charge in [0.05, 0.1) is 0 Å². The zero-order chi connectivity index (χ0) is 14.3. The lowest BCUT2D eigenvalue weighted by molar-refractivity contribution is -0.310. The Morgan fingerprint density at radius 1 is 0.947 bits per heavy atom. The summed E-state index contributed by atoms with van der Waals surface area (Å²) >= 11 is 1.75. The molecule has 3 heteroatoms. The van der Waals surface area contributed by atoms with Crippen molar-refractivity contribution in [3.63, 3.8) is 0 Å². The second-order valence-electron chi connectivity index (χ2n) is 5.48. The quantitative estimate of drug-likeness (QED) is 0.453. The van der Waals surface area contributed by atoms with E-state index in [1.807, 2.05) is 0 Å². The predicted octanol–water partition coefficient (Wildman–Crippen LogP) is 4.03. The molecular formula is C16H31O2S-. The molecule has 0 aliphatic carbocycles. The van der Waals surface area contributed by atoms with Crippen LogP contribution in [0.15, 0.2) is 0 Å². The second kappa shape index (κ2) is 14.2. The molecule has 1 atom stereocenters. The van der Waals surface area contributed by atoms with Crippen molar-refractivity contribution < 1.29 is 9.90 Å². The van der Waals surface area contributed by atoms with Gasteiger partial charge >= 0.3 is 0 Å². The van der Waals surface area contributed by atoms with E-state index >= 15 is 0 Å². The Labute approximate surface area is 123 Å². The Balaban J connectivity index is 3.05.